The molecule has 0 aliphatic rings. The van der Waals surface area contributed by atoms with Crippen LogP contribution in [0.4, 0.5) is 0 Å². The average Bonchev–Trinajstić information content (AvgIpc) is 3.01. The van der Waals surface area contributed by atoms with Crippen LogP contribution in [0.25, 0.3) is 16.7 Å². The van der Waals surface area contributed by atoms with Crippen LogP contribution in [-0.4, -0.2) is 31.3 Å². The lowest BCUT2D eigenvalue weighted by molar-refractivity contribution is 0.414. The number of nitrogens with zero attached hydrogens (tertiary/aromatic N) is 5. The molecule has 4 aromatic rings. The minimum Gasteiger partial charge on any atom is -0.497 e. The first-order chi connectivity index (χ1) is 12.6. The van der Waals surface area contributed by atoms with E-state index in [4.69, 9.17) is 4.74 Å². The van der Waals surface area contributed by atoms with E-state index >= 15 is 0 Å². The minimum atomic E-state index is -0.0592. The molecular weight excluding hydrogens is 330 g/mol. The van der Waals surface area contributed by atoms with Crippen LogP contribution in [0.2, 0.25) is 0 Å². The van der Waals surface area contributed by atoms with Crippen molar-refractivity contribution in [2.75, 3.05) is 7.11 Å². The second-order valence-electron chi connectivity index (χ2n) is 6.24. The minimum absolute atomic E-state index is 0.0592. The van der Waals surface area contributed by atoms with Crippen LogP contribution in [0, 0.1) is 13.8 Å². The lowest BCUT2D eigenvalue weighted by Gasteiger charge is -2.09. The fourth-order valence-electron chi connectivity index (χ4n) is 3.14. The van der Waals surface area contributed by atoms with Crippen molar-refractivity contribution in [3.63, 3.8) is 0 Å². The van der Waals surface area contributed by atoms with Crippen molar-refractivity contribution in [2.24, 2.45) is 0 Å². The summed E-state index contributed by atoms with van der Waals surface area (Å²) in [5.74, 6) is 1.97. The Labute approximate surface area is 149 Å². The Kier molecular flexibility index (Phi) is 3.91. The molecule has 0 radical (unpaired) electrons. The molecule has 4 rings (SSSR count). The number of aromatic nitrogens is 5. The van der Waals surface area contributed by atoms with Crippen molar-refractivity contribution >= 4 is 16.7 Å². The first-order valence-electron chi connectivity index (χ1n) is 8.43. The van der Waals surface area contributed by atoms with E-state index in [1.165, 1.54) is 0 Å². The highest BCUT2D eigenvalue weighted by Gasteiger charge is 2.13. The number of ether oxygens (including phenoxy) is 1. The van der Waals surface area contributed by atoms with Gasteiger partial charge in [0.1, 0.15) is 11.6 Å². The summed E-state index contributed by atoms with van der Waals surface area (Å²) < 4.78 is 8.52. The molecule has 7 nitrogen and oxygen atoms in total. The molecule has 3 heterocycles. The topological polar surface area (TPSA) is 74.3 Å². The monoisotopic (exact) mass is 349 g/mol. The van der Waals surface area contributed by atoms with E-state index in [1.807, 2.05) is 50.4 Å². The number of hydrogen-bond donors (Lipinski definition) is 0. The molecule has 0 amide bonds. The molecular formula is C19H19N5O2. The van der Waals surface area contributed by atoms with Gasteiger partial charge in [-0.05, 0) is 44.0 Å². The Hall–Kier alpha value is -3.22. The number of pyridine rings is 1. The number of rotatable bonds is 4. The predicted molar refractivity (Wildman–Crippen MR) is 98.7 cm³/mol. The van der Waals surface area contributed by atoms with Gasteiger partial charge in [-0.2, -0.15) is 9.50 Å². The molecule has 0 bridgehead atoms. The normalized spacial score (nSPS) is 11.3. The molecule has 0 aliphatic heterocycles. The highest BCUT2D eigenvalue weighted by atomic mass is 16.5. The molecule has 132 valence electrons. The van der Waals surface area contributed by atoms with Gasteiger partial charge in [0.25, 0.3) is 11.3 Å². The zero-order chi connectivity index (χ0) is 18.3. The molecule has 1 aromatic carbocycles. The summed E-state index contributed by atoms with van der Waals surface area (Å²) in [6, 6.07) is 9.78. The average molecular weight is 349 g/mol. The van der Waals surface area contributed by atoms with Crippen molar-refractivity contribution < 1.29 is 4.74 Å². The van der Waals surface area contributed by atoms with Crippen molar-refractivity contribution in [3.05, 3.63) is 64.0 Å². The van der Waals surface area contributed by atoms with E-state index < -0.39 is 0 Å². The van der Waals surface area contributed by atoms with Gasteiger partial charge in [0, 0.05) is 12.7 Å². The van der Waals surface area contributed by atoms with Gasteiger partial charge in [-0.1, -0.05) is 12.1 Å². The number of benzene rings is 1. The zero-order valence-electron chi connectivity index (χ0n) is 14.9. The second kappa shape index (κ2) is 6.25. The van der Waals surface area contributed by atoms with E-state index in [1.54, 1.807) is 16.2 Å². The maximum Gasteiger partial charge on any atom is 0.261 e. The molecule has 0 fully saturated rings. The standard InChI is InChI=1S/C19H19N5O2/c1-12-17-16(24-19(20-12)21-13(2)22-24)9-11-23(18(17)25)10-8-14-4-6-15(26-3)7-5-14/h4-7,9,11H,8,10H2,1-3H3. The van der Waals surface area contributed by atoms with E-state index in [0.717, 1.165) is 23.3 Å². The van der Waals surface area contributed by atoms with E-state index in [9.17, 15) is 4.79 Å². The van der Waals surface area contributed by atoms with Gasteiger partial charge in [0.05, 0.1) is 23.7 Å². The molecule has 0 spiro atoms. The van der Waals surface area contributed by atoms with Gasteiger partial charge in [-0.25, -0.2) is 4.98 Å². The van der Waals surface area contributed by atoms with E-state index in [-0.39, 0.29) is 5.56 Å². The SMILES string of the molecule is COc1ccc(CCn2ccc3c(c(C)nc4nc(C)nn43)c2=O)cc1. The summed E-state index contributed by atoms with van der Waals surface area (Å²) >= 11 is 0. The molecule has 0 aliphatic carbocycles. The molecule has 26 heavy (non-hydrogen) atoms. The van der Waals surface area contributed by atoms with Crippen LogP contribution in [0.5, 0.6) is 5.75 Å². The Morgan fingerprint density at radius 3 is 2.58 bits per heavy atom. The highest BCUT2D eigenvalue weighted by Crippen LogP contribution is 2.15. The van der Waals surface area contributed by atoms with Crippen LogP contribution in [0.1, 0.15) is 17.1 Å². The number of methoxy groups -OCH3 is 1. The molecule has 0 N–H and O–H groups in total. The molecule has 0 saturated heterocycles. The predicted octanol–water partition coefficient (Wildman–Crippen LogP) is 2.31. The summed E-state index contributed by atoms with van der Waals surface area (Å²) in [6.07, 6.45) is 2.57. The lowest BCUT2D eigenvalue weighted by Crippen LogP contribution is -2.22. The molecule has 0 unspecified atom stereocenters. The Morgan fingerprint density at radius 2 is 1.85 bits per heavy atom. The lowest BCUT2D eigenvalue weighted by atomic mass is 10.1. The first-order valence-corrected chi connectivity index (χ1v) is 8.43. The second-order valence-corrected chi connectivity index (χ2v) is 6.24. The third kappa shape index (κ3) is 2.71. The van der Waals surface area contributed by atoms with Crippen LogP contribution < -0.4 is 10.3 Å². The van der Waals surface area contributed by atoms with Gasteiger partial charge in [-0.3, -0.25) is 4.79 Å². The number of aryl methyl sites for hydroxylation is 4. The summed E-state index contributed by atoms with van der Waals surface area (Å²) in [5.41, 5.74) is 2.49. The summed E-state index contributed by atoms with van der Waals surface area (Å²) in [4.78, 5) is 21.7. The van der Waals surface area contributed by atoms with Crippen LogP contribution in [0.3, 0.4) is 0 Å². The Bertz CT molecular complexity index is 1160. The van der Waals surface area contributed by atoms with Gasteiger partial charge >= 0.3 is 0 Å². The Balaban J connectivity index is 1.72. The summed E-state index contributed by atoms with van der Waals surface area (Å²) in [5, 5.41) is 4.93. The van der Waals surface area contributed by atoms with Gasteiger partial charge in [-0.15, -0.1) is 5.10 Å². The summed E-state index contributed by atoms with van der Waals surface area (Å²) in [7, 11) is 1.65. The van der Waals surface area contributed by atoms with Crippen molar-refractivity contribution in [3.8, 4) is 5.75 Å². The fourth-order valence-corrected chi connectivity index (χ4v) is 3.14. The molecule has 0 saturated carbocycles. The maximum absolute atomic E-state index is 13.0. The number of fused-ring (bicyclic) bond motifs is 3. The maximum atomic E-state index is 13.0. The van der Waals surface area contributed by atoms with Crippen LogP contribution in [0.15, 0.2) is 41.3 Å². The number of hydrogen-bond acceptors (Lipinski definition) is 5. The van der Waals surface area contributed by atoms with Gasteiger partial charge in [0.15, 0.2) is 0 Å². The third-order valence-electron chi connectivity index (χ3n) is 4.50. The van der Waals surface area contributed by atoms with Crippen molar-refractivity contribution in [1.29, 1.82) is 0 Å². The fraction of sp³-hybridized carbons (Fsp3) is 0.263. The quantitative estimate of drug-likeness (QED) is 0.565. The Morgan fingerprint density at radius 1 is 1.08 bits per heavy atom. The first kappa shape index (κ1) is 16.3. The molecule has 0 atom stereocenters. The van der Waals surface area contributed by atoms with Crippen molar-refractivity contribution in [2.45, 2.75) is 26.8 Å². The highest BCUT2D eigenvalue weighted by molar-refractivity contribution is 5.81. The van der Waals surface area contributed by atoms with Crippen molar-refractivity contribution in [1.82, 2.24) is 24.1 Å². The van der Waals surface area contributed by atoms with Gasteiger partial charge in [0.2, 0.25) is 0 Å². The smallest absolute Gasteiger partial charge is 0.261 e. The van der Waals surface area contributed by atoms with Crippen LogP contribution in [-0.2, 0) is 13.0 Å². The van der Waals surface area contributed by atoms with E-state index in [2.05, 4.69) is 15.1 Å². The third-order valence-corrected chi connectivity index (χ3v) is 4.50. The summed E-state index contributed by atoms with van der Waals surface area (Å²) in [6.45, 7) is 4.24. The molecule has 7 heteroatoms. The largest absolute Gasteiger partial charge is 0.497 e. The van der Waals surface area contributed by atoms with Gasteiger partial charge < -0.3 is 9.30 Å². The molecule has 3 aromatic heterocycles. The van der Waals surface area contributed by atoms with Crippen LogP contribution >= 0.6 is 0 Å². The zero-order valence-corrected chi connectivity index (χ0v) is 14.9. The van der Waals surface area contributed by atoms with E-state index in [0.29, 0.717) is 29.2 Å².